The molecule has 7 nitrogen and oxygen atoms in total. The Kier molecular flexibility index (Phi) is 11.3. The quantitative estimate of drug-likeness (QED) is 0.194. The Labute approximate surface area is 261 Å². The number of nitrogens with one attached hydrogen (secondary N) is 1. The Morgan fingerprint density at radius 3 is 1.82 bits per heavy atom. The van der Waals surface area contributed by atoms with E-state index in [4.69, 9.17) is 0 Å². The lowest BCUT2D eigenvalue weighted by Gasteiger charge is -2.34. The molecule has 0 spiro atoms. The Morgan fingerprint density at radius 2 is 1.27 bits per heavy atom. The fourth-order valence-corrected chi connectivity index (χ4v) is 6.34. The van der Waals surface area contributed by atoms with Crippen LogP contribution in [0.5, 0.6) is 0 Å². The van der Waals surface area contributed by atoms with Gasteiger partial charge in [0.2, 0.25) is 11.8 Å². The maximum atomic E-state index is 14.4. The third-order valence-corrected chi connectivity index (χ3v) is 9.18. The van der Waals surface area contributed by atoms with E-state index in [9.17, 15) is 18.0 Å². The fraction of sp³-hybridized carbons (Fsp3) is 0.278. The van der Waals surface area contributed by atoms with Crippen molar-refractivity contribution in [1.82, 2.24) is 10.2 Å². The van der Waals surface area contributed by atoms with E-state index in [0.717, 1.165) is 27.4 Å². The van der Waals surface area contributed by atoms with E-state index in [0.29, 0.717) is 12.2 Å². The van der Waals surface area contributed by atoms with Gasteiger partial charge in [0.1, 0.15) is 12.6 Å². The largest absolute Gasteiger partial charge is 0.354 e. The van der Waals surface area contributed by atoms with Gasteiger partial charge in [-0.25, -0.2) is 8.42 Å². The predicted molar refractivity (Wildman–Crippen MR) is 176 cm³/mol. The minimum absolute atomic E-state index is 0.0810. The van der Waals surface area contributed by atoms with Crippen molar-refractivity contribution in [2.75, 3.05) is 17.4 Å². The van der Waals surface area contributed by atoms with Gasteiger partial charge in [-0.2, -0.15) is 0 Å². The second-order valence-electron chi connectivity index (χ2n) is 11.2. The monoisotopic (exact) mass is 611 g/mol. The van der Waals surface area contributed by atoms with Gasteiger partial charge < -0.3 is 10.2 Å². The van der Waals surface area contributed by atoms with Crippen LogP contribution in [0.15, 0.2) is 120 Å². The summed E-state index contributed by atoms with van der Waals surface area (Å²) in [6.45, 7) is 6.16. The van der Waals surface area contributed by atoms with E-state index in [1.165, 1.54) is 17.0 Å². The van der Waals surface area contributed by atoms with E-state index >= 15 is 0 Å². The van der Waals surface area contributed by atoms with Crippen molar-refractivity contribution in [2.24, 2.45) is 5.92 Å². The van der Waals surface area contributed by atoms with Gasteiger partial charge in [-0.3, -0.25) is 13.9 Å². The molecule has 0 fully saturated rings. The zero-order valence-corrected chi connectivity index (χ0v) is 26.4. The molecular formula is C36H41N3O4S. The number of anilines is 1. The number of benzene rings is 4. The number of sulfonamides is 1. The van der Waals surface area contributed by atoms with Crippen LogP contribution in [0.25, 0.3) is 0 Å². The smallest absolute Gasteiger partial charge is 0.264 e. The maximum Gasteiger partial charge on any atom is 0.264 e. The summed E-state index contributed by atoms with van der Waals surface area (Å²) >= 11 is 0. The van der Waals surface area contributed by atoms with Crippen LogP contribution in [0.4, 0.5) is 5.69 Å². The first kappa shape index (κ1) is 32.5. The van der Waals surface area contributed by atoms with Gasteiger partial charge in [-0.1, -0.05) is 112 Å². The lowest BCUT2D eigenvalue weighted by Crippen LogP contribution is -2.53. The van der Waals surface area contributed by atoms with E-state index < -0.39 is 28.5 Å². The lowest BCUT2D eigenvalue weighted by atomic mass is 10.0. The second kappa shape index (κ2) is 15.3. The van der Waals surface area contributed by atoms with Crippen molar-refractivity contribution < 1.29 is 18.0 Å². The summed E-state index contributed by atoms with van der Waals surface area (Å²) in [5.41, 5.74) is 3.16. The molecule has 2 amide bonds. The fourth-order valence-electron chi connectivity index (χ4n) is 4.90. The topological polar surface area (TPSA) is 86.8 Å². The molecule has 0 aliphatic heterocycles. The van der Waals surface area contributed by atoms with Crippen molar-refractivity contribution in [3.05, 3.63) is 132 Å². The summed E-state index contributed by atoms with van der Waals surface area (Å²) in [7, 11) is -4.12. The molecule has 0 bridgehead atoms. The molecule has 0 unspecified atom stereocenters. The first-order valence-corrected chi connectivity index (χ1v) is 16.4. The molecule has 0 aromatic heterocycles. The highest BCUT2D eigenvalue weighted by Gasteiger charge is 2.34. The van der Waals surface area contributed by atoms with E-state index in [1.54, 1.807) is 30.3 Å². The molecule has 4 aromatic rings. The molecule has 0 heterocycles. The highest BCUT2D eigenvalue weighted by molar-refractivity contribution is 7.92. The maximum absolute atomic E-state index is 14.4. The number of hydrogen-bond acceptors (Lipinski definition) is 4. The zero-order chi connectivity index (χ0) is 31.5. The Bertz CT molecular complexity index is 1590. The summed E-state index contributed by atoms with van der Waals surface area (Å²) in [6.07, 6.45) is 1.07. The highest BCUT2D eigenvalue weighted by Crippen LogP contribution is 2.25. The normalized spacial score (nSPS) is 12.0. The number of hydrogen-bond donors (Lipinski definition) is 1. The first-order chi connectivity index (χ1) is 21.2. The van der Waals surface area contributed by atoms with E-state index in [-0.39, 0.29) is 29.7 Å². The van der Waals surface area contributed by atoms with Gasteiger partial charge in [0.25, 0.3) is 10.0 Å². The second-order valence-corrected chi connectivity index (χ2v) is 13.1. The molecule has 0 saturated heterocycles. The van der Waals surface area contributed by atoms with Crippen LogP contribution in [-0.2, 0) is 39.0 Å². The van der Waals surface area contributed by atoms with Crippen LogP contribution in [0.2, 0.25) is 0 Å². The molecule has 1 atom stereocenters. The summed E-state index contributed by atoms with van der Waals surface area (Å²) in [4.78, 5) is 29.8. The summed E-state index contributed by atoms with van der Waals surface area (Å²) in [5.74, 6) is -0.544. The molecule has 4 rings (SSSR count). The van der Waals surface area contributed by atoms with Gasteiger partial charge in [-0.15, -0.1) is 0 Å². The average molecular weight is 612 g/mol. The average Bonchev–Trinajstić information content (AvgIpc) is 3.05. The Balaban J connectivity index is 1.77. The standard InChI is InChI=1S/C36H41N3O4S/c1-4-29-20-22-32(23-21-29)39(44(42,43)33-18-12-7-13-19-33)27-35(40)38(26-31-16-10-6-11-17-31)34(36(41)37-25-28(2)3)24-30-14-8-5-9-15-30/h5-23,28,34H,4,24-27H2,1-3H3,(H,37,41)/t34-/m1/s1. The molecule has 0 saturated carbocycles. The minimum Gasteiger partial charge on any atom is -0.354 e. The first-order valence-electron chi connectivity index (χ1n) is 15.0. The molecule has 0 aliphatic rings. The predicted octanol–water partition coefficient (Wildman–Crippen LogP) is 5.86. The Hall–Kier alpha value is -4.43. The summed E-state index contributed by atoms with van der Waals surface area (Å²) in [6, 6.07) is 33.4. The highest BCUT2D eigenvalue weighted by atomic mass is 32.2. The van der Waals surface area contributed by atoms with Crippen LogP contribution >= 0.6 is 0 Å². The molecule has 0 radical (unpaired) electrons. The molecular weight excluding hydrogens is 570 g/mol. The number of nitrogens with zero attached hydrogens (tertiary/aromatic N) is 2. The SMILES string of the molecule is CCc1ccc(N(CC(=O)N(Cc2ccccc2)[C@H](Cc2ccccc2)C(=O)NCC(C)C)S(=O)(=O)c2ccccc2)cc1. The van der Waals surface area contributed by atoms with E-state index in [2.05, 4.69) is 5.32 Å². The van der Waals surface area contributed by atoms with Gasteiger partial charge in [0.05, 0.1) is 10.6 Å². The number of carbonyl (C=O) groups is 2. The lowest BCUT2D eigenvalue weighted by molar-refractivity contribution is -0.140. The summed E-state index contributed by atoms with van der Waals surface area (Å²) in [5, 5.41) is 3.01. The molecule has 0 aliphatic carbocycles. The molecule has 230 valence electrons. The number of rotatable bonds is 14. The van der Waals surface area contributed by atoms with Crippen LogP contribution < -0.4 is 9.62 Å². The van der Waals surface area contributed by atoms with E-state index in [1.807, 2.05) is 93.6 Å². The number of carbonyl (C=O) groups excluding carboxylic acids is 2. The van der Waals surface area contributed by atoms with Crippen LogP contribution in [0.1, 0.15) is 37.5 Å². The van der Waals surface area contributed by atoms with Crippen molar-refractivity contribution in [1.29, 1.82) is 0 Å². The van der Waals surface area contributed by atoms with Crippen LogP contribution in [-0.4, -0.2) is 44.3 Å². The van der Waals surface area contributed by atoms with Crippen molar-refractivity contribution in [2.45, 2.75) is 51.1 Å². The third kappa shape index (κ3) is 8.57. The molecule has 8 heteroatoms. The molecule has 4 aromatic carbocycles. The van der Waals surface area contributed by atoms with Gasteiger partial charge in [-0.05, 0) is 53.3 Å². The third-order valence-electron chi connectivity index (χ3n) is 7.39. The van der Waals surface area contributed by atoms with Crippen LogP contribution in [0.3, 0.4) is 0 Å². The van der Waals surface area contributed by atoms with Crippen LogP contribution in [0, 0.1) is 5.92 Å². The minimum atomic E-state index is -4.12. The number of aryl methyl sites for hydroxylation is 1. The zero-order valence-electron chi connectivity index (χ0n) is 25.6. The number of amides is 2. The van der Waals surface area contributed by atoms with Gasteiger partial charge in [0.15, 0.2) is 0 Å². The van der Waals surface area contributed by atoms with Gasteiger partial charge in [0, 0.05) is 19.5 Å². The molecule has 44 heavy (non-hydrogen) atoms. The Morgan fingerprint density at radius 1 is 0.727 bits per heavy atom. The summed E-state index contributed by atoms with van der Waals surface area (Å²) < 4.78 is 29.3. The van der Waals surface area contributed by atoms with Crippen molar-refractivity contribution in [3.63, 3.8) is 0 Å². The molecule has 1 N–H and O–H groups in total. The van der Waals surface area contributed by atoms with Crippen molar-refractivity contribution in [3.8, 4) is 0 Å². The van der Waals surface area contributed by atoms with Gasteiger partial charge >= 0.3 is 0 Å². The van der Waals surface area contributed by atoms with Crippen molar-refractivity contribution >= 4 is 27.5 Å².